The number of carbonyl (C=O) groups excluding carboxylic acids is 1. The van der Waals surface area contributed by atoms with Crippen LogP contribution in [-0.2, 0) is 11.2 Å². The van der Waals surface area contributed by atoms with E-state index < -0.39 is 0 Å². The maximum absolute atomic E-state index is 13.9. The molecular formula is C23H24ClFN2O2. The number of amides is 1. The Balaban J connectivity index is 0.00000240. The van der Waals surface area contributed by atoms with Crippen molar-refractivity contribution < 1.29 is 13.6 Å². The molecule has 0 radical (unpaired) electrons. The van der Waals surface area contributed by atoms with Crippen molar-refractivity contribution in [2.24, 2.45) is 5.73 Å². The van der Waals surface area contributed by atoms with Gasteiger partial charge in [0.25, 0.3) is 0 Å². The van der Waals surface area contributed by atoms with Gasteiger partial charge in [-0.3, -0.25) is 4.79 Å². The van der Waals surface area contributed by atoms with E-state index in [-0.39, 0.29) is 36.1 Å². The zero-order valence-electron chi connectivity index (χ0n) is 16.0. The Bertz CT molecular complexity index is 960. The second kappa shape index (κ2) is 9.25. The van der Waals surface area contributed by atoms with Crippen molar-refractivity contribution in [1.29, 1.82) is 0 Å². The van der Waals surface area contributed by atoms with Crippen LogP contribution in [0.25, 0.3) is 11.3 Å². The quantitative estimate of drug-likeness (QED) is 0.673. The molecule has 2 N–H and O–H groups in total. The lowest BCUT2D eigenvalue weighted by Gasteiger charge is -2.16. The van der Waals surface area contributed by atoms with Crippen molar-refractivity contribution >= 4 is 18.3 Å². The van der Waals surface area contributed by atoms with Crippen molar-refractivity contribution in [3.05, 3.63) is 83.9 Å². The number of likely N-dealkylation sites (tertiary alicyclic amines) is 1. The molecular weight excluding hydrogens is 391 g/mol. The molecule has 1 aliphatic heterocycles. The largest absolute Gasteiger partial charge is 0.461 e. The molecule has 4 nitrogen and oxygen atoms in total. The summed E-state index contributed by atoms with van der Waals surface area (Å²) in [6, 6.07) is 20.1. The van der Waals surface area contributed by atoms with Crippen LogP contribution in [0.3, 0.4) is 0 Å². The highest BCUT2D eigenvalue weighted by molar-refractivity contribution is 5.85. The Morgan fingerprint density at radius 2 is 1.76 bits per heavy atom. The molecule has 2 atom stereocenters. The van der Waals surface area contributed by atoms with Gasteiger partial charge in [0, 0.05) is 37.9 Å². The molecule has 0 unspecified atom stereocenters. The van der Waals surface area contributed by atoms with Gasteiger partial charge in [-0.15, -0.1) is 12.4 Å². The van der Waals surface area contributed by atoms with Crippen LogP contribution in [-0.4, -0.2) is 29.9 Å². The molecule has 1 amide bonds. The summed E-state index contributed by atoms with van der Waals surface area (Å²) in [5.74, 6) is 1.07. The number of benzene rings is 2. The minimum Gasteiger partial charge on any atom is -0.461 e. The Morgan fingerprint density at radius 3 is 2.52 bits per heavy atom. The molecule has 2 heterocycles. The van der Waals surface area contributed by atoms with Gasteiger partial charge in [-0.05, 0) is 29.8 Å². The van der Waals surface area contributed by atoms with E-state index in [1.165, 1.54) is 11.6 Å². The van der Waals surface area contributed by atoms with E-state index >= 15 is 0 Å². The Kier molecular flexibility index (Phi) is 6.72. The van der Waals surface area contributed by atoms with Gasteiger partial charge in [0.2, 0.25) is 5.91 Å². The van der Waals surface area contributed by atoms with Gasteiger partial charge in [-0.1, -0.05) is 42.5 Å². The molecule has 29 heavy (non-hydrogen) atoms. The molecule has 0 aliphatic carbocycles. The van der Waals surface area contributed by atoms with Gasteiger partial charge in [-0.2, -0.15) is 0 Å². The number of halogens is 2. The van der Waals surface area contributed by atoms with E-state index in [0.29, 0.717) is 43.0 Å². The van der Waals surface area contributed by atoms with Crippen molar-refractivity contribution in [2.45, 2.75) is 24.8 Å². The maximum atomic E-state index is 13.9. The molecule has 3 aromatic rings. The standard InChI is InChI=1S/C23H23FN2O2.ClH/c24-20-9-5-4-8-18(20)22-12-10-17(28-22)11-13-23(27)26-14-19(21(25)15-26)16-6-2-1-3-7-16;/h1-10,12,19,21H,11,13-15,25H2;1H/t19-,21+;/m0./s1. The van der Waals surface area contributed by atoms with E-state index in [0.717, 1.165) is 0 Å². The summed E-state index contributed by atoms with van der Waals surface area (Å²) in [6.07, 6.45) is 0.827. The van der Waals surface area contributed by atoms with Crippen LogP contribution >= 0.6 is 12.4 Å². The first-order valence-corrected chi connectivity index (χ1v) is 9.54. The summed E-state index contributed by atoms with van der Waals surface area (Å²) in [6.45, 7) is 1.21. The first-order valence-electron chi connectivity index (χ1n) is 9.54. The zero-order valence-corrected chi connectivity index (χ0v) is 16.8. The summed E-state index contributed by atoms with van der Waals surface area (Å²) in [4.78, 5) is 14.5. The highest BCUT2D eigenvalue weighted by Gasteiger charge is 2.33. The third kappa shape index (κ3) is 4.69. The van der Waals surface area contributed by atoms with Crippen LogP contribution in [0.15, 0.2) is 71.1 Å². The highest BCUT2D eigenvalue weighted by Crippen LogP contribution is 2.28. The molecule has 1 fully saturated rings. The molecule has 152 valence electrons. The number of nitrogens with zero attached hydrogens (tertiary/aromatic N) is 1. The van der Waals surface area contributed by atoms with Crippen LogP contribution in [0.5, 0.6) is 0 Å². The molecule has 6 heteroatoms. The fraction of sp³-hybridized carbons (Fsp3) is 0.261. The molecule has 0 spiro atoms. The fourth-order valence-electron chi connectivity index (χ4n) is 3.79. The van der Waals surface area contributed by atoms with Crippen molar-refractivity contribution in [3.63, 3.8) is 0 Å². The maximum Gasteiger partial charge on any atom is 0.223 e. The zero-order chi connectivity index (χ0) is 19.5. The number of hydrogen-bond donors (Lipinski definition) is 1. The number of nitrogens with two attached hydrogens (primary N) is 1. The first-order chi connectivity index (χ1) is 13.6. The van der Waals surface area contributed by atoms with Gasteiger partial charge in [0.05, 0.1) is 5.56 Å². The lowest BCUT2D eigenvalue weighted by molar-refractivity contribution is -0.130. The molecule has 0 saturated carbocycles. The fourth-order valence-corrected chi connectivity index (χ4v) is 3.79. The van der Waals surface area contributed by atoms with Crippen LogP contribution < -0.4 is 5.73 Å². The minimum absolute atomic E-state index is 0. The number of hydrogen-bond acceptors (Lipinski definition) is 3. The van der Waals surface area contributed by atoms with Gasteiger partial charge in [0.1, 0.15) is 17.3 Å². The highest BCUT2D eigenvalue weighted by atomic mass is 35.5. The smallest absolute Gasteiger partial charge is 0.223 e. The SMILES string of the molecule is Cl.N[C@@H]1CN(C(=O)CCc2ccc(-c3ccccc3F)o2)C[C@H]1c1ccccc1. The van der Waals surface area contributed by atoms with E-state index in [1.54, 1.807) is 30.3 Å². The Morgan fingerprint density at radius 1 is 1.03 bits per heavy atom. The lowest BCUT2D eigenvalue weighted by atomic mass is 9.95. The molecule has 1 aliphatic rings. The lowest BCUT2D eigenvalue weighted by Crippen LogP contribution is -2.32. The van der Waals surface area contributed by atoms with Crippen LogP contribution in [0.4, 0.5) is 4.39 Å². The van der Waals surface area contributed by atoms with Crippen molar-refractivity contribution in [1.82, 2.24) is 4.90 Å². The van der Waals surface area contributed by atoms with Crippen molar-refractivity contribution in [3.8, 4) is 11.3 Å². The molecule has 1 aromatic heterocycles. The van der Waals surface area contributed by atoms with Crippen LogP contribution in [0.1, 0.15) is 23.7 Å². The van der Waals surface area contributed by atoms with E-state index in [4.69, 9.17) is 10.2 Å². The second-order valence-electron chi connectivity index (χ2n) is 7.23. The monoisotopic (exact) mass is 414 g/mol. The second-order valence-corrected chi connectivity index (χ2v) is 7.23. The summed E-state index contributed by atoms with van der Waals surface area (Å²) in [5.41, 5.74) is 7.88. The van der Waals surface area contributed by atoms with Crippen LogP contribution in [0, 0.1) is 5.82 Å². The van der Waals surface area contributed by atoms with E-state index in [1.807, 2.05) is 23.1 Å². The Hall–Kier alpha value is -2.63. The average molecular weight is 415 g/mol. The topological polar surface area (TPSA) is 59.5 Å². The molecule has 1 saturated heterocycles. The van der Waals surface area contributed by atoms with E-state index in [2.05, 4.69) is 12.1 Å². The summed E-state index contributed by atoms with van der Waals surface area (Å²) >= 11 is 0. The number of furan rings is 1. The average Bonchev–Trinajstić information content (AvgIpc) is 3.34. The minimum atomic E-state index is -0.322. The number of aryl methyl sites for hydroxylation is 1. The third-order valence-electron chi connectivity index (χ3n) is 5.33. The normalized spacial score (nSPS) is 18.5. The Labute approximate surface area is 175 Å². The molecule has 0 bridgehead atoms. The van der Waals surface area contributed by atoms with Gasteiger partial charge in [-0.25, -0.2) is 4.39 Å². The predicted molar refractivity (Wildman–Crippen MR) is 113 cm³/mol. The summed E-state index contributed by atoms with van der Waals surface area (Å²) < 4.78 is 19.6. The van der Waals surface area contributed by atoms with E-state index in [9.17, 15) is 9.18 Å². The first kappa shape index (κ1) is 21.1. The van der Waals surface area contributed by atoms with Gasteiger partial charge in [0.15, 0.2) is 0 Å². The molecule has 2 aromatic carbocycles. The summed E-state index contributed by atoms with van der Waals surface area (Å²) in [7, 11) is 0. The molecule has 4 rings (SSSR count). The van der Waals surface area contributed by atoms with Crippen LogP contribution in [0.2, 0.25) is 0 Å². The van der Waals surface area contributed by atoms with Gasteiger partial charge >= 0.3 is 0 Å². The van der Waals surface area contributed by atoms with Crippen molar-refractivity contribution in [2.75, 3.05) is 13.1 Å². The number of rotatable bonds is 5. The van der Waals surface area contributed by atoms with Gasteiger partial charge < -0.3 is 15.1 Å². The number of carbonyl (C=O) groups is 1. The third-order valence-corrected chi connectivity index (χ3v) is 5.33. The predicted octanol–water partition coefficient (Wildman–Crippen LogP) is 4.39. The summed E-state index contributed by atoms with van der Waals surface area (Å²) in [5, 5.41) is 0.